The van der Waals surface area contributed by atoms with Crippen molar-refractivity contribution in [2.24, 2.45) is 0 Å². The summed E-state index contributed by atoms with van der Waals surface area (Å²) in [6, 6.07) is 9.62. The van der Waals surface area contributed by atoms with Crippen molar-refractivity contribution in [1.82, 2.24) is 0 Å². The number of benzene rings is 1. The molecule has 0 saturated heterocycles. The molecule has 0 aliphatic rings. The number of halogens is 1. The number of nitriles is 1. The van der Waals surface area contributed by atoms with E-state index >= 15 is 0 Å². The van der Waals surface area contributed by atoms with Crippen molar-refractivity contribution in [1.29, 1.82) is 5.26 Å². The van der Waals surface area contributed by atoms with Gasteiger partial charge in [-0.05, 0) is 30.5 Å². The van der Waals surface area contributed by atoms with Crippen LogP contribution < -0.4 is 0 Å². The summed E-state index contributed by atoms with van der Waals surface area (Å²) in [4.78, 5) is 12.9. The Morgan fingerprint density at radius 2 is 1.81 bits per heavy atom. The zero-order chi connectivity index (χ0) is 19.4. The zero-order valence-corrected chi connectivity index (χ0v) is 17.4. The molecule has 0 aliphatic heterocycles. The predicted molar refractivity (Wildman–Crippen MR) is 114 cm³/mol. The summed E-state index contributed by atoms with van der Waals surface area (Å²) in [6.07, 6.45) is 6.99. The van der Waals surface area contributed by atoms with Gasteiger partial charge in [0.1, 0.15) is 4.88 Å². The molecule has 1 N–H and O–H groups in total. The van der Waals surface area contributed by atoms with Crippen molar-refractivity contribution in [3.05, 3.63) is 44.6 Å². The molecule has 0 unspecified atom stereocenters. The standard InChI is InChI=1S/C21H20ClNO2S2/c1-2-3-4-5-6-7-15-16(14-10-8-13(12-23)9-11-14)18-19(26-15)17(22)20(27-18)21(24)25/h8-11H,2-7H2,1H3,(H,24,25). The summed E-state index contributed by atoms with van der Waals surface area (Å²) in [6.45, 7) is 2.21. The van der Waals surface area contributed by atoms with Crippen molar-refractivity contribution < 1.29 is 9.90 Å². The molecule has 0 aliphatic carbocycles. The quantitative estimate of drug-likeness (QED) is 0.389. The summed E-state index contributed by atoms with van der Waals surface area (Å²) in [7, 11) is 0. The Balaban J connectivity index is 2.02. The molecule has 0 bridgehead atoms. The number of hydrogen-bond donors (Lipinski definition) is 1. The highest BCUT2D eigenvalue weighted by atomic mass is 35.5. The third-order valence-electron chi connectivity index (χ3n) is 4.54. The highest BCUT2D eigenvalue weighted by molar-refractivity contribution is 7.30. The van der Waals surface area contributed by atoms with Gasteiger partial charge >= 0.3 is 5.97 Å². The maximum Gasteiger partial charge on any atom is 0.347 e. The average molecular weight is 418 g/mol. The van der Waals surface area contributed by atoms with Gasteiger partial charge in [0.15, 0.2) is 0 Å². The van der Waals surface area contributed by atoms with E-state index in [4.69, 9.17) is 16.9 Å². The van der Waals surface area contributed by atoms with E-state index in [1.54, 1.807) is 23.5 Å². The second-order valence-electron chi connectivity index (χ2n) is 6.46. The molecule has 140 valence electrons. The highest BCUT2D eigenvalue weighted by Crippen LogP contribution is 2.48. The van der Waals surface area contributed by atoms with Gasteiger partial charge in [-0.2, -0.15) is 5.26 Å². The van der Waals surface area contributed by atoms with Crippen LogP contribution in [0.3, 0.4) is 0 Å². The molecule has 27 heavy (non-hydrogen) atoms. The molecule has 0 fully saturated rings. The SMILES string of the molecule is CCCCCCCc1sc2c(Cl)c(C(=O)O)sc2c1-c1ccc(C#N)cc1. The van der Waals surface area contributed by atoms with Crippen LogP contribution >= 0.6 is 34.3 Å². The van der Waals surface area contributed by atoms with Crippen LogP contribution in [0.4, 0.5) is 0 Å². The number of rotatable bonds is 8. The van der Waals surface area contributed by atoms with E-state index in [1.165, 1.54) is 41.9 Å². The summed E-state index contributed by atoms with van der Waals surface area (Å²) in [5.41, 5.74) is 2.70. The van der Waals surface area contributed by atoms with Gasteiger partial charge in [0.25, 0.3) is 0 Å². The normalized spacial score (nSPS) is 11.0. The Kier molecular flexibility index (Phi) is 6.54. The number of carboxylic acid groups (broad SMARTS) is 1. The molecule has 2 aromatic heterocycles. The number of fused-ring (bicyclic) bond motifs is 1. The molecule has 3 rings (SSSR count). The molecule has 6 heteroatoms. The van der Waals surface area contributed by atoms with Gasteiger partial charge in [-0.25, -0.2) is 4.79 Å². The molecular weight excluding hydrogens is 398 g/mol. The largest absolute Gasteiger partial charge is 0.477 e. The molecule has 3 nitrogen and oxygen atoms in total. The maximum atomic E-state index is 11.5. The van der Waals surface area contributed by atoms with Crippen molar-refractivity contribution in [2.45, 2.75) is 45.4 Å². The number of hydrogen-bond acceptors (Lipinski definition) is 4. The van der Waals surface area contributed by atoms with Crippen molar-refractivity contribution in [3.63, 3.8) is 0 Å². The average Bonchev–Trinajstić information content (AvgIpc) is 3.18. The van der Waals surface area contributed by atoms with E-state index in [2.05, 4.69) is 13.0 Å². The molecule has 0 spiro atoms. The molecular formula is C21H20ClNO2S2. The van der Waals surface area contributed by atoms with Crippen LogP contribution in [-0.2, 0) is 6.42 Å². The van der Waals surface area contributed by atoms with Gasteiger partial charge in [0.2, 0.25) is 0 Å². The van der Waals surface area contributed by atoms with Crippen LogP contribution in [0.15, 0.2) is 24.3 Å². The van der Waals surface area contributed by atoms with E-state index in [0.29, 0.717) is 10.6 Å². The first kappa shape index (κ1) is 19.9. The topological polar surface area (TPSA) is 61.1 Å². The summed E-state index contributed by atoms with van der Waals surface area (Å²) >= 11 is 9.23. The molecule has 0 saturated carbocycles. The van der Waals surface area contributed by atoms with Crippen molar-refractivity contribution in [2.75, 3.05) is 0 Å². The number of aryl methyl sites for hydroxylation is 1. The van der Waals surface area contributed by atoms with Crippen LogP contribution in [0.2, 0.25) is 5.02 Å². The second-order valence-corrected chi connectivity index (χ2v) is 8.97. The fourth-order valence-corrected chi connectivity index (χ4v) is 6.22. The first-order valence-electron chi connectivity index (χ1n) is 9.04. The lowest BCUT2D eigenvalue weighted by Gasteiger charge is -2.05. The third kappa shape index (κ3) is 4.19. The number of carboxylic acids is 1. The van der Waals surface area contributed by atoms with Gasteiger partial charge in [0, 0.05) is 10.4 Å². The van der Waals surface area contributed by atoms with E-state index < -0.39 is 5.97 Å². The Hall–Kier alpha value is -1.87. The second kappa shape index (κ2) is 8.88. The lowest BCUT2D eigenvalue weighted by atomic mass is 10.0. The smallest absolute Gasteiger partial charge is 0.347 e. The predicted octanol–water partition coefficient (Wildman–Crippen LogP) is 7.37. The maximum absolute atomic E-state index is 11.5. The first-order valence-corrected chi connectivity index (χ1v) is 11.0. The lowest BCUT2D eigenvalue weighted by Crippen LogP contribution is -1.91. The Bertz CT molecular complexity index is 996. The number of carbonyl (C=O) groups is 1. The van der Waals surface area contributed by atoms with Crippen LogP contribution in [0.25, 0.3) is 20.5 Å². The highest BCUT2D eigenvalue weighted by Gasteiger charge is 2.23. The number of nitrogens with zero attached hydrogens (tertiary/aromatic N) is 1. The van der Waals surface area contributed by atoms with Gasteiger partial charge < -0.3 is 5.11 Å². The van der Waals surface area contributed by atoms with E-state index in [0.717, 1.165) is 33.4 Å². The lowest BCUT2D eigenvalue weighted by molar-refractivity contribution is 0.0702. The summed E-state index contributed by atoms with van der Waals surface area (Å²) in [5.74, 6) is -0.986. The van der Waals surface area contributed by atoms with Gasteiger partial charge in [-0.3, -0.25) is 0 Å². The molecule has 2 heterocycles. The third-order valence-corrected chi connectivity index (χ3v) is 7.74. The molecule has 3 aromatic rings. The summed E-state index contributed by atoms with van der Waals surface area (Å²) < 4.78 is 1.80. The monoisotopic (exact) mass is 417 g/mol. The first-order chi connectivity index (χ1) is 13.1. The van der Waals surface area contributed by atoms with Gasteiger partial charge in [0.05, 0.1) is 26.1 Å². The minimum atomic E-state index is -0.986. The van der Waals surface area contributed by atoms with E-state index in [9.17, 15) is 9.90 Å². The van der Waals surface area contributed by atoms with Crippen LogP contribution in [0.1, 0.15) is 59.1 Å². The molecule has 1 aromatic carbocycles. The zero-order valence-electron chi connectivity index (χ0n) is 15.0. The van der Waals surface area contributed by atoms with Crippen molar-refractivity contribution >= 4 is 49.6 Å². The molecule has 0 amide bonds. The van der Waals surface area contributed by atoms with E-state index in [-0.39, 0.29) is 4.88 Å². The fourth-order valence-electron chi connectivity index (χ4n) is 3.16. The van der Waals surface area contributed by atoms with Gasteiger partial charge in [-0.15, -0.1) is 22.7 Å². The molecule has 0 radical (unpaired) electrons. The van der Waals surface area contributed by atoms with E-state index in [1.807, 2.05) is 12.1 Å². The van der Waals surface area contributed by atoms with Crippen LogP contribution in [0, 0.1) is 11.3 Å². The number of aromatic carboxylic acids is 1. The van der Waals surface area contributed by atoms with Gasteiger partial charge in [-0.1, -0.05) is 56.3 Å². The van der Waals surface area contributed by atoms with Crippen LogP contribution in [-0.4, -0.2) is 11.1 Å². The Labute approximate surface area is 171 Å². The van der Waals surface area contributed by atoms with Crippen LogP contribution in [0.5, 0.6) is 0 Å². The Morgan fingerprint density at radius 3 is 2.44 bits per heavy atom. The molecule has 0 atom stereocenters. The Morgan fingerprint density at radius 1 is 1.11 bits per heavy atom. The van der Waals surface area contributed by atoms with Crippen molar-refractivity contribution in [3.8, 4) is 17.2 Å². The number of unbranched alkanes of at least 4 members (excludes halogenated alkanes) is 4. The number of thiophene rings is 2. The minimum absolute atomic E-state index is 0.197. The fraction of sp³-hybridized carbons (Fsp3) is 0.333. The minimum Gasteiger partial charge on any atom is -0.477 e. The summed E-state index contributed by atoms with van der Waals surface area (Å²) in [5, 5.41) is 18.8.